The minimum Gasteiger partial charge on any atom is -0.369 e. The van der Waals surface area contributed by atoms with Gasteiger partial charge in [-0.1, -0.05) is 6.92 Å². The molecule has 0 aromatic heterocycles. The van der Waals surface area contributed by atoms with Gasteiger partial charge < -0.3 is 15.4 Å². The van der Waals surface area contributed by atoms with Crippen molar-refractivity contribution in [2.24, 2.45) is 5.73 Å². The summed E-state index contributed by atoms with van der Waals surface area (Å²) in [6, 6.07) is 0.181. The molecule has 0 aliphatic carbocycles. The molecular weight excluding hydrogens is 204 g/mol. The number of amides is 1. The Bertz CT molecular complexity index is 213. The minimum absolute atomic E-state index is 0.0564. The Morgan fingerprint density at radius 3 is 2.38 bits per heavy atom. The van der Waals surface area contributed by atoms with Crippen molar-refractivity contribution in [3.8, 4) is 0 Å². The number of ether oxygens (including phenoxy) is 1. The van der Waals surface area contributed by atoms with E-state index in [4.69, 9.17) is 10.5 Å². The van der Waals surface area contributed by atoms with Crippen LogP contribution in [0.3, 0.4) is 0 Å². The first-order valence-corrected chi connectivity index (χ1v) is 5.99. The molecule has 1 amide bonds. The molecule has 0 rings (SSSR count). The Balaban J connectivity index is 4.72. The third-order valence-electron chi connectivity index (χ3n) is 3.06. The zero-order chi connectivity index (χ0) is 12.8. The number of nitrogens with two attached hydrogens (primary N) is 1. The molecule has 4 heteroatoms. The summed E-state index contributed by atoms with van der Waals surface area (Å²) in [6.07, 6.45) is 1.50. The van der Waals surface area contributed by atoms with E-state index in [0.29, 0.717) is 19.5 Å². The fourth-order valence-electron chi connectivity index (χ4n) is 1.54. The summed E-state index contributed by atoms with van der Waals surface area (Å²) in [7, 11) is 1.59. The highest BCUT2D eigenvalue weighted by molar-refractivity contribution is 5.85. The Hall–Kier alpha value is -0.610. The summed E-state index contributed by atoms with van der Waals surface area (Å²) >= 11 is 0. The molecule has 0 aliphatic rings. The predicted octanol–water partition coefficient (Wildman–Crippen LogP) is 1.39. The third-order valence-corrected chi connectivity index (χ3v) is 3.06. The average Bonchev–Trinajstić information content (AvgIpc) is 2.27. The van der Waals surface area contributed by atoms with E-state index in [1.54, 1.807) is 7.11 Å². The molecule has 0 saturated heterocycles. The van der Waals surface area contributed by atoms with Gasteiger partial charge in [0, 0.05) is 19.7 Å². The Labute approximate surface area is 99.1 Å². The second-order valence-corrected chi connectivity index (χ2v) is 4.52. The molecule has 0 saturated carbocycles. The highest BCUT2D eigenvalue weighted by Crippen LogP contribution is 2.19. The van der Waals surface area contributed by atoms with Crippen molar-refractivity contribution in [1.29, 1.82) is 0 Å². The molecule has 0 bridgehead atoms. The van der Waals surface area contributed by atoms with E-state index < -0.39 is 5.60 Å². The van der Waals surface area contributed by atoms with E-state index in [1.807, 2.05) is 32.6 Å². The maximum Gasteiger partial charge on any atom is 0.254 e. The number of hydrogen-bond donors (Lipinski definition) is 1. The van der Waals surface area contributed by atoms with Crippen molar-refractivity contribution in [3.63, 3.8) is 0 Å². The lowest BCUT2D eigenvalue weighted by atomic mass is 10.0. The fourth-order valence-corrected chi connectivity index (χ4v) is 1.54. The van der Waals surface area contributed by atoms with E-state index in [-0.39, 0.29) is 11.9 Å². The number of hydrogen-bond acceptors (Lipinski definition) is 3. The molecule has 16 heavy (non-hydrogen) atoms. The lowest BCUT2D eigenvalue weighted by Gasteiger charge is -2.35. The van der Waals surface area contributed by atoms with Gasteiger partial charge in [-0.2, -0.15) is 0 Å². The van der Waals surface area contributed by atoms with Crippen LogP contribution in [0.15, 0.2) is 0 Å². The van der Waals surface area contributed by atoms with E-state index in [0.717, 1.165) is 6.42 Å². The molecular formula is C12H26N2O2. The zero-order valence-corrected chi connectivity index (χ0v) is 11.2. The van der Waals surface area contributed by atoms with Crippen LogP contribution < -0.4 is 5.73 Å². The minimum atomic E-state index is -0.709. The molecule has 0 heterocycles. The largest absolute Gasteiger partial charge is 0.369 e. The summed E-state index contributed by atoms with van der Waals surface area (Å²) in [6.45, 7) is 9.13. The van der Waals surface area contributed by atoms with E-state index in [2.05, 4.69) is 0 Å². The SMILES string of the molecule is CCC(C)(OC)C(=O)N(CCCN)C(C)C. The van der Waals surface area contributed by atoms with Crippen LogP contribution in [-0.2, 0) is 9.53 Å². The Morgan fingerprint density at radius 1 is 1.50 bits per heavy atom. The Morgan fingerprint density at radius 2 is 2.06 bits per heavy atom. The third kappa shape index (κ3) is 3.76. The topological polar surface area (TPSA) is 55.6 Å². The van der Waals surface area contributed by atoms with Gasteiger partial charge in [0.15, 0.2) is 0 Å². The van der Waals surface area contributed by atoms with Gasteiger partial charge in [-0.15, -0.1) is 0 Å². The molecule has 0 fully saturated rings. The van der Waals surface area contributed by atoms with E-state index >= 15 is 0 Å². The maximum absolute atomic E-state index is 12.3. The van der Waals surface area contributed by atoms with Gasteiger partial charge in [-0.05, 0) is 40.2 Å². The molecule has 1 atom stereocenters. The van der Waals surface area contributed by atoms with Gasteiger partial charge in [0.05, 0.1) is 0 Å². The Kier molecular flexibility index (Phi) is 6.60. The lowest BCUT2D eigenvalue weighted by Crippen LogP contribution is -2.51. The molecule has 0 radical (unpaired) electrons. The number of carbonyl (C=O) groups excluding carboxylic acids is 1. The summed E-state index contributed by atoms with van der Waals surface area (Å²) in [5.41, 5.74) is 4.77. The fraction of sp³-hybridized carbons (Fsp3) is 0.917. The summed E-state index contributed by atoms with van der Waals surface area (Å²) in [5.74, 6) is 0.0564. The molecule has 0 aromatic rings. The zero-order valence-electron chi connectivity index (χ0n) is 11.2. The molecule has 0 spiro atoms. The van der Waals surface area contributed by atoms with Gasteiger partial charge in [0.2, 0.25) is 0 Å². The predicted molar refractivity (Wildman–Crippen MR) is 66.2 cm³/mol. The van der Waals surface area contributed by atoms with Crippen LogP contribution >= 0.6 is 0 Å². The normalized spacial score (nSPS) is 14.9. The first kappa shape index (κ1) is 15.4. The lowest BCUT2D eigenvalue weighted by molar-refractivity contribution is -0.155. The second-order valence-electron chi connectivity index (χ2n) is 4.52. The van der Waals surface area contributed by atoms with Crippen molar-refractivity contribution in [1.82, 2.24) is 4.90 Å². The highest BCUT2D eigenvalue weighted by atomic mass is 16.5. The number of methoxy groups -OCH3 is 1. The summed E-state index contributed by atoms with van der Waals surface area (Å²) < 4.78 is 5.34. The van der Waals surface area contributed by atoms with Crippen molar-refractivity contribution in [2.45, 2.75) is 52.2 Å². The van der Waals surface area contributed by atoms with Crippen LogP contribution in [0.1, 0.15) is 40.5 Å². The maximum atomic E-state index is 12.3. The average molecular weight is 230 g/mol. The van der Waals surface area contributed by atoms with Gasteiger partial charge in [0.1, 0.15) is 5.60 Å². The van der Waals surface area contributed by atoms with Crippen molar-refractivity contribution in [3.05, 3.63) is 0 Å². The monoisotopic (exact) mass is 230 g/mol. The quantitative estimate of drug-likeness (QED) is 0.719. The smallest absolute Gasteiger partial charge is 0.254 e. The molecule has 0 aliphatic heterocycles. The molecule has 0 aromatic carbocycles. The van der Waals surface area contributed by atoms with Crippen LogP contribution in [0.5, 0.6) is 0 Å². The van der Waals surface area contributed by atoms with Crippen LogP contribution in [0, 0.1) is 0 Å². The standard InChI is InChI=1S/C12H26N2O2/c1-6-12(4,16-5)11(15)14(10(2)3)9-7-8-13/h10H,6-9,13H2,1-5H3. The van der Waals surface area contributed by atoms with Crippen LogP contribution in [-0.4, -0.2) is 42.6 Å². The van der Waals surface area contributed by atoms with Gasteiger partial charge >= 0.3 is 0 Å². The van der Waals surface area contributed by atoms with Crippen molar-refractivity contribution >= 4 is 5.91 Å². The van der Waals surface area contributed by atoms with E-state index in [1.165, 1.54) is 0 Å². The molecule has 4 nitrogen and oxygen atoms in total. The number of rotatable bonds is 7. The summed E-state index contributed by atoms with van der Waals surface area (Å²) in [4.78, 5) is 14.2. The molecule has 2 N–H and O–H groups in total. The highest BCUT2D eigenvalue weighted by Gasteiger charge is 2.35. The van der Waals surface area contributed by atoms with Gasteiger partial charge in [0.25, 0.3) is 5.91 Å². The van der Waals surface area contributed by atoms with Crippen LogP contribution in [0.2, 0.25) is 0 Å². The van der Waals surface area contributed by atoms with Crippen molar-refractivity contribution in [2.75, 3.05) is 20.2 Å². The first-order chi connectivity index (χ1) is 7.42. The molecule has 96 valence electrons. The number of nitrogens with zero attached hydrogens (tertiary/aromatic N) is 1. The van der Waals surface area contributed by atoms with Gasteiger partial charge in [-0.25, -0.2) is 0 Å². The summed E-state index contributed by atoms with van der Waals surface area (Å²) in [5, 5.41) is 0. The molecule has 1 unspecified atom stereocenters. The van der Waals surface area contributed by atoms with Gasteiger partial charge in [-0.3, -0.25) is 4.79 Å². The van der Waals surface area contributed by atoms with E-state index in [9.17, 15) is 4.79 Å². The van der Waals surface area contributed by atoms with Crippen LogP contribution in [0.4, 0.5) is 0 Å². The second kappa shape index (κ2) is 6.86. The van der Waals surface area contributed by atoms with Crippen LogP contribution in [0.25, 0.3) is 0 Å². The van der Waals surface area contributed by atoms with Crippen molar-refractivity contribution < 1.29 is 9.53 Å². The first-order valence-electron chi connectivity index (χ1n) is 5.99. The number of carbonyl (C=O) groups is 1.